The number of amides is 3. The number of imide groups is 1. The quantitative estimate of drug-likeness (QED) is 0.288. The van der Waals surface area contributed by atoms with Crippen molar-refractivity contribution in [2.45, 2.75) is 19.8 Å². The second-order valence-electron chi connectivity index (χ2n) is 10.8. The number of esters is 1. The van der Waals surface area contributed by atoms with Gasteiger partial charge in [-0.15, -0.1) is 0 Å². The summed E-state index contributed by atoms with van der Waals surface area (Å²) >= 11 is 0. The Morgan fingerprint density at radius 3 is 2.19 bits per heavy atom. The predicted octanol–water partition coefficient (Wildman–Crippen LogP) is 3.51. The van der Waals surface area contributed by atoms with Crippen molar-refractivity contribution >= 4 is 35.1 Å². The number of hydrogen-bond donors (Lipinski definition) is 0. The molecule has 2 saturated carbocycles. The molecule has 0 unspecified atom stereocenters. The zero-order valence-electron chi connectivity index (χ0n) is 19.9. The zero-order chi connectivity index (χ0) is 24.7. The van der Waals surface area contributed by atoms with E-state index in [9.17, 15) is 19.2 Å². The summed E-state index contributed by atoms with van der Waals surface area (Å²) in [7, 11) is 0. The summed E-state index contributed by atoms with van der Waals surface area (Å²) in [5.74, 6) is -0.0376. The first-order valence-corrected chi connectivity index (χ1v) is 12.7. The molecule has 7 heteroatoms. The molecule has 2 bridgehead atoms. The highest BCUT2D eigenvalue weighted by Gasteiger charge is 2.67. The molecule has 6 aliphatic rings. The van der Waals surface area contributed by atoms with E-state index in [4.69, 9.17) is 4.74 Å². The van der Waals surface area contributed by atoms with Gasteiger partial charge in [-0.3, -0.25) is 24.1 Å². The highest BCUT2D eigenvalue weighted by atomic mass is 16.5. The van der Waals surface area contributed by atoms with Crippen LogP contribution in [0.15, 0.2) is 60.7 Å². The van der Waals surface area contributed by atoms with Gasteiger partial charge in [-0.05, 0) is 79.0 Å². The zero-order valence-corrected chi connectivity index (χ0v) is 19.9. The maximum atomic E-state index is 13.3. The highest BCUT2D eigenvalue weighted by molar-refractivity contribution is 6.22. The molecule has 182 valence electrons. The molecule has 4 fully saturated rings. The fourth-order valence-corrected chi connectivity index (χ4v) is 6.99. The van der Waals surface area contributed by atoms with E-state index < -0.39 is 11.9 Å². The molecule has 36 heavy (non-hydrogen) atoms. The molecule has 0 radical (unpaired) electrons. The molecule has 0 aromatic heterocycles. The van der Waals surface area contributed by atoms with Crippen molar-refractivity contribution in [2.24, 2.45) is 41.4 Å². The van der Waals surface area contributed by atoms with Crippen LogP contribution >= 0.6 is 0 Å². The molecule has 2 saturated heterocycles. The second kappa shape index (κ2) is 7.63. The summed E-state index contributed by atoms with van der Waals surface area (Å²) in [6, 6.07) is 14.2. The number of nitrogens with zero attached hydrogens (tertiary/aromatic N) is 2. The van der Waals surface area contributed by atoms with Gasteiger partial charge < -0.3 is 9.64 Å². The number of aryl methyl sites for hydroxylation is 1. The van der Waals surface area contributed by atoms with Crippen LogP contribution in [0, 0.1) is 48.3 Å². The Morgan fingerprint density at radius 1 is 0.889 bits per heavy atom. The van der Waals surface area contributed by atoms with Gasteiger partial charge in [-0.2, -0.15) is 0 Å². The fraction of sp³-hybridized carbons (Fsp3) is 0.379. The van der Waals surface area contributed by atoms with Crippen molar-refractivity contribution in [3.8, 4) is 5.75 Å². The minimum absolute atomic E-state index is 0.1000. The van der Waals surface area contributed by atoms with E-state index >= 15 is 0 Å². The summed E-state index contributed by atoms with van der Waals surface area (Å²) < 4.78 is 5.57. The Labute approximate surface area is 208 Å². The first-order chi connectivity index (χ1) is 17.4. The van der Waals surface area contributed by atoms with Gasteiger partial charge in [0.05, 0.1) is 23.4 Å². The van der Waals surface area contributed by atoms with Crippen molar-refractivity contribution in [1.82, 2.24) is 0 Å². The van der Waals surface area contributed by atoms with Gasteiger partial charge in [0.15, 0.2) is 0 Å². The monoisotopic (exact) mass is 482 g/mol. The molecule has 7 atom stereocenters. The van der Waals surface area contributed by atoms with Gasteiger partial charge in [0, 0.05) is 18.7 Å². The molecule has 2 heterocycles. The van der Waals surface area contributed by atoms with Crippen LogP contribution in [0.2, 0.25) is 0 Å². The molecule has 2 aliphatic heterocycles. The van der Waals surface area contributed by atoms with E-state index in [0.717, 1.165) is 17.7 Å². The lowest BCUT2D eigenvalue weighted by Gasteiger charge is -2.37. The van der Waals surface area contributed by atoms with E-state index in [2.05, 4.69) is 12.2 Å². The third-order valence-electron chi connectivity index (χ3n) is 8.75. The summed E-state index contributed by atoms with van der Waals surface area (Å²) in [6.45, 7) is 2.23. The number of hydrogen-bond acceptors (Lipinski definition) is 5. The Bertz CT molecular complexity index is 1310. The third kappa shape index (κ3) is 3.11. The van der Waals surface area contributed by atoms with Crippen LogP contribution in [-0.2, 0) is 19.2 Å². The molecular formula is C29H26N2O5. The fourth-order valence-electron chi connectivity index (χ4n) is 6.99. The maximum Gasteiger partial charge on any atom is 0.316 e. The molecule has 3 amide bonds. The van der Waals surface area contributed by atoms with Crippen LogP contribution in [-0.4, -0.2) is 30.2 Å². The smallest absolute Gasteiger partial charge is 0.316 e. The number of allylic oxidation sites excluding steroid dienone is 2. The van der Waals surface area contributed by atoms with E-state index in [0.29, 0.717) is 23.3 Å². The van der Waals surface area contributed by atoms with E-state index in [1.807, 2.05) is 31.2 Å². The minimum atomic E-state index is -0.558. The van der Waals surface area contributed by atoms with Gasteiger partial charge in [-0.1, -0.05) is 24.3 Å². The lowest BCUT2D eigenvalue weighted by molar-refractivity contribution is -0.139. The van der Waals surface area contributed by atoms with Crippen molar-refractivity contribution < 1.29 is 23.9 Å². The molecule has 4 aliphatic carbocycles. The van der Waals surface area contributed by atoms with Gasteiger partial charge in [0.25, 0.3) is 0 Å². The molecule has 2 aromatic carbocycles. The van der Waals surface area contributed by atoms with Crippen molar-refractivity contribution in [1.29, 1.82) is 0 Å². The van der Waals surface area contributed by atoms with Crippen molar-refractivity contribution in [3.63, 3.8) is 0 Å². The van der Waals surface area contributed by atoms with E-state index in [1.54, 1.807) is 29.2 Å². The average Bonchev–Trinajstić information content (AvgIpc) is 3.55. The topological polar surface area (TPSA) is 84.0 Å². The van der Waals surface area contributed by atoms with E-state index in [-0.39, 0.29) is 54.4 Å². The first-order valence-electron chi connectivity index (χ1n) is 12.7. The second-order valence-corrected chi connectivity index (χ2v) is 10.8. The number of anilines is 2. The predicted molar refractivity (Wildman–Crippen MR) is 131 cm³/mol. The summed E-state index contributed by atoms with van der Waals surface area (Å²) in [6.07, 6.45) is 5.55. The van der Waals surface area contributed by atoms with Gasteiger partial charge >= 0.3 is 5.97 Å². The summed E-state index contributed by atoms with van der Waals surface area (Å²) in [5, 5.41) is 0. The molecule has 0 N–H and O–H groups in total. The van der Waals surface area contributed by atoms with Crippen LogP contribution in [0.25, 0.3) is 0 Å². The van der Waals surface area contributed by atoms with Crippen molar-refractivity contribution in [3.05, 3.63) is 66.2 Å². The molecule has 0 spiro atoms. The highest BCUT2D eigenvalue weighted by Crippen LogP contribution is 2.65. The Kier molecular flexibility index (Phi) is 4.56. The van der Waals surface area contributed by atoms with Crippen LogP contribution in [0.5, 0.6) is 5.75 Å². The summed E-state index contributed by atoms with van der Waals surface area (Å²) in [5.41, 5.74) is 2.33. The number of carbonyl (C=O) groups is 4. The Morgan fingerprint density at radius 2 is 1.56 bits per heavy atom. The van der Waals surface area contributed by atoms with Crippen LogP contribution in [0.3, 0.4) is 0 Å². The molecule has 8 rings (SSSR count). The number of ether oxygens (including phenoxy) is 1. The number of rotatable bonds is 4. The van der Waals surface area contributed by atoms with Crippen LogP contribution in [0.1, 0.15) is 18.4 Å². The van der Waals surface area contributed by atoms with E-state index in [1.165, 1.54) is 4.90 Å². The first kappa shape index (κ1) is 21.5. The Balaban J connectivity index is 1.04. The molecule has 7 nitrogen and oxygen atoms in total. The molecular weight excluding hydrogens is 456 g/mol. The van der Waals surface area contributed by atoms with Gasteiger partial charge in [-0.25, -0.2) is 0 Å². The number of carbonyl (C=O) groups excluding carboxylic acids is 4. The summed E-state index contributed by atoms with van der Waals surface area (Å²) in [4.78, 5) is 54.9. The normalized spacial score (nSPS) is 33.7. The average molecular weight is 483 g/mol. The lowest BCUT2D eigenvalue weighted by atomic mass is 9.63. The lowest BCUT2D eigenvalue weighted by Crippen LogP contribution is -2.40. The third-order valence-corrected chi connectivity index (χ3v) is 8.75. The molecule has 2 aromatic rings. The van der Waals surface area contributed by atoms with Gasteiger partial charge in [0.1, 0.15) is 5.75 Å². The maximum absolute atomic E-state index is 13.3. The SMILES string of the molecule is Cc1cccc(N2C[C@H](C(=O)Oc3ccc(N4C(=O)[C@@H]5[C@H]6C=C[C@@H]([C@@H]7C[C@H]67)[C@H]5C4=O)cc3)CC2=O)c1. The van der Waals surface area contributed by atoms with Gasteiger partial charge in [0.2, 0.25) is 17.7 Å². The Hall–Kier alpha value is -3.74. The number of benzene rings is 2. The largest absolute Gasteiger partial charge is 0.426 e. The minimum Gasteiger partial charge on any atom is -0.426 e. The van der Waals surface area contributed by atoms with Crippen LogP contribution < -0.4 is 14.5 Å². The standard InChI is InChI=1S/C29H26N2O5/c1-15-3-2-4-18(11-15)30-14-16(12-24(30)32)29(35)36-19-7-5-17(6-8-19)31-27(33)25-20-9-10-21(23-13-22(20)23)26(25)28(31)34/h2-11,16,20-23,25-26H,12-14H2,1H3/t16-,20+,21+,22-,23+,25-,26-/m1/s1. The van der Waals surface area contributed by atoms with Crippen LogP contribution in [0.4, 0.5) is 11.4 Å². The van der Waals surface area contributed by atoms with Crippen molar-refractivity contribution in [2.75, 3.05) is 16.3 Å².